The molecule has 0 aromatic heterocycles. The Morgan fingerprint density at radius 2 is 1.85 bits per heavy atom. The van der Waals surface area contributed by atoms with Crippen LogP contribution < -0.4 is 10.6 Å². The van der Waals surface area contributed by atoms with Gasteiger partial charge in [-0.15, -0.1) is 0 Å². The monoisotopic (exact) mass is 244 g/mol. The number of hydrogen-bond donors (Lipinski definition) is 2. The van der Waals surface area contributed by atoms with E-state index in [4.69, 9.17) is 34.8 Å². The molecule has 6 heteroatoms. The SMILES string of the molecule is O=C(NC1CCNCC1)C(Cl)(Cl)Cl. The van der Waals surface area contributed by atoms with Crippen LogP contribution in [0.25, 0.3) is 0 Å². The van der Waals surface area contributed by atoms with Gasteiger partial charge in [-0.3, -0.25) is 4.79 Å². The fourth-order valence-electron chi connectivity index (χ4n) is 1.23. The molecule has 0 aromatic carbocycles. The van der Waals surface area contributed by atoms with E-state index < -0.39 is 9.70 Å². The lowest BCUT2D eigenvalue weighted by molar-refractivity contribution is -0.121. The fourth-order valence-corrected chi connectivity index (χ4v) is 1.40. The topological polar surface area (TPSA) is 41.1 Å². The first-order valence-electron chi connectivity index (χ1n) is 4.08. The maximum absolute atomic E-state index is 11.2. The van der Waals surface area contributed by atoms with Crippen molar-refractivity contribution in [2.45, 2.75) is 22.7 Å². The molecular formula is C7H11Cl3N2O. The van der Waals surface area contributed by atoms with Gasteiger partial charge in [-0.25, -0.2) is 0 Å². The number of amides is 1. The van der Waals surface area contributed by atoms with E-state index in [9.17, 15) is 4.79 Å². The maximum Gasteiger partial charge on any atom is 0.272 e. The van der Waals surface area contributed by atoms with E-state index >= 15 is 0 Å². The van der Waals surface area contributed by atoms with Crippen LogP contribution in [-0.4, -0.2) is 28.8 Å². The second kappa shape index (κ2) is 4.69. The fraction of sp³-hybridized carbons (Fsp3) is 0.857. The van der Waals surface area contributed by atoms with Gasteiger partial charge in [0, 0.05) is 6.04 Å². The summed E-state index contributed by atoms with van der Waals surface area (Å²) in [6, 6.07) is 0.129. The van der Waals surface area contributed by atoms with E-state index in [1.54, 1.807) is 0 Å². The Kier molecular flexibility index (Phi) is 4.10. The van der Waals surface area contributed by atoms with Gasteiger partial charge in [0.25, 0.3) is 9.70 Å². The summed E-state index contributed by atoms with van der Waals surface area (Å²) < 4.78 is -1.84. The zero-order valence-corrected chi connectivity index (χ0v) is 9.22. The number of piperidine rings is 1. The molecule has 0 saturated carbocycles. The standard InChI is InChI=1S/C7H11Cl3N2O/c8-7(9,10)6(13)12-5-1-3-11-4-2-5/h5,11H,1-4H2,(H,12,13). The van der Waals surface area contributed by atoms with Gasteiger partial charge in [-0.1, -0.05) is 34.8 Å². The lowest BCUT2D eigenvalue weighted by Crippen LogP contribution is -2.46. The molecule has 13 heavy (non-hydrogen) atoms. The quantitative estimate of drug-likeness (QED) is 0.682. The third kappa shape index (κ3) is 3.90. The van der Waals surface area contributed by atoms with Crippen molar-refractivity contribution < 1.29 is 4.79 Å². The molecule has 1 fully saturated rings. The molecule has 0 aliphatic carbocycles. The Balaban J connectivity index is 2.35. The average Bonchev–Trinajstić information content (AvgIpc) is 2.04. The van der Waals surface area contributed by atoms with Crippen molar-refractivity contribution in [3.05, 3.63) is 0 Å². The summed E-state index contributed by atoms with van der Waals surface area (Å²) in [4.78, 5) is 11.2. The van der Waals surface area contributed by atoms with Crippen LogP contribution in [0.3, 0.4) is 0 Å². The molecule has 1 aliphatic rings. The summed E-state index contributed by atoms with van der Waals surface area (Å²) in [6.07, 6.45) is 1.76. The molecule has 0 radical (unpaired) electrons. The van der Waals surface area contributed by atoms with Crippen LogP contribution in [0.15, 0.2) is 0 Å². The second-order valence-electron chi connectivity index (χ2n) is 3.00. The molecule has 1 heterocycles. The van der Waals surface area contributed by atoms with Crippen molar-refractivity contribution >= 4 is 40.7 Å². The summed E-state index contributed by atoms with van der Waals surface area (Å²) >= 11 is 16.2. The minimum absolute atomic E-state index is 0.129. The highest BCUT2D eigenvalue weighted by molar-refractivity contribution is 6.76. The van der Waals surface area contributed by atoms with E-state index in [0.717, 1.165) is 25.9 Å². The van der Waals surface area contributed by atoms with Crippen LogP contribution in [0.1, 0.15) is 12.8 Å². The largest absolute Gasteiger partial charge is 0.350 e. The highest BCUT2D eigenvalue weighted by Crippen LogP contribution is 2.26. The highest BCUT2D eigenvalue weighted by atomic mass is 35.6. The number of carbonyl (C=O) groups excluding carboxylic acids is 1. The zero-order chi connectivity index (χ0) is 9.90. The van der Waals surface area contributed by atoms with Crippen molar-refractivity contribution in [1.29, 1.82) is 0 Å². The van der Waals surface area contributed by atoms with E-state index in [-0.39, 0.29) is 6.04 Å². The molecule has 76 valence electrons. The van der Waals surface area contributed by atoms with Gasteiger partial charge in [0.2, 0.25) is 0 Å². The smallest absolute Gasteiger partial charge is 0.272 e. The number of carbonyl (C=O) groups is 1. The normalized spacial score (nSPS) is 19.9. The highest BCUT2D eigenvalue weighted by Gasteiger charge is 2.32. The summed E-state index contributed by atoms with van der Waals surface area (Å²) in [6.45, 7) is 1.79. The number of alkyl halides is 3. The van der Waals surface area contributed by atoms with Gasteiger partial charge < -0.3 is 10.6 Å². The zero-order valence-electron chi connectivity index (χ0n) is 6.95. The number of halogens is 3. The molecule has 1 amide bonds. The number of rotatable bonds is 1. The van der Waals surface area contributed by atoms with E-state index in [1.165, 1.54) is 0 Å². The lowest BCUT2D eigenvalue weighted by Gasteiger charge is -2.25. The Morgan fingerprint density at radius 1 is 1.31 bits per heavy atom. The molecule has 0 spiro atoms. The minimum Gasteiger partial charge on any atom is -0.350 e. The van der Waals surface area contributed by atoms with Gasteiger partial charge in [0.05, 0.1) is 0 Å². The van der Waals surface area contributed by atoms with Crippen molar-refractivity contribution in [1.82, 2.24) is 10.6 Å². The molecule has 1 saturated heterocycles. The second-order valence-corrected chi connectivity index (χ2v) is 5.28. The summed E-state index contributed by atoms with van der Waals surface area (Å²) in [5, 5.41) is 5.86. The summed E-state index contributed by atoms with van der Waals surface area (Å²) in [5.74, 6) is -0.538. The number of hydrogen-bond acceptors (Lipinski definition) is 2. The molecule has 2 N–H and O–H groups in total. The van der Waals surface area contributed by atoms with Crippen LogP contribution in [-0.2, 0) is 4.79 Å². The van der Waals surface area contributed by atoms with Crippen LogP contribution >= 0.6 is 34.8 Å². The first-order valence-corrected chi connectivity index (χ1v) is 5.22. The van der Waals surface area contributed by atoms with E-state index in [2.05, 4.69) is 10.6 Å². The van der Waals surface area contributed by atoms with E-state index in [0.29, 0.717) is 0 Å². The predicted molar refractivity (Wildman–Crippen MR) is 54.3 cm³/mol. The first-order chi connectivity index (χ1) is 6.00. The molecule has 3 nitrogen and oxygen atoms in total. The third-order valence-electron chi connectivity index (χ3n) is 1.93. The van der Waals surface area contributed by atoms with Gasteiger partial charge in [0.1, 0.15) is 0 Å². The van der Waals surface area contributed by atoms with Crippen molar-refractivity contribution in [2.24, 2.45) is 0 Å². The van der Waals surface area contributed by atoms with Crippen LogP contribution in [0.4, 0.5) is 0 Å². The van der Waals surface area contributed by atoms with Crippen LogP contribution in [0.2, 0.25) is 0 Å². The molecular weight excluding hydrogens is 234 g/mol. The summed E-state index contributed by atoms with van der Waals surface area (Å²) in [5.41, 5.74) is 0. The average molecular weight is 246 g/mol. The van der Waals surface area contributed by atoms with Gasteiger partial charge in [-0.2, -0.15) is 0 Å². The van der Waals surface area contributed by atoms with Gasteiger partial charge in [0.15, 0.2) is 0 Å². The third-order valence-corrected chi connectivity index (χ3v) is 2.45. The van der Waals surface area contributed by atoms with Crippen molar-refractivity contribution in [2.75, 3.05) is 13.1 Å². The minimum atomic E-state index is -1.84. The van der Waals surface area contributed by atoms with Gasteiger partial charge in [-0.05, 0) is 25.9 Å². The molecule has 1 aliphatic heterocycles. The molecule has 0 aromatic rings. The van der Waals surface area contributed by atoms with Crippen molar-refractivity contribution in [3.63, 3.8) is 0 Å². The molecule has 0 atom stereocenters. The Bertz CT molecular complexity index is 187. The molecule has 0 bridgehead atoms. The van der Waals surface area contributed by atoms with Crippen molar-refractivity contribution in [3.8, 4) is 0 Å². The van der Waals surface area contributed by atoms with Crippen LogP contribution in [0.5, 0.6) is 0 Å². The van der Waals surface area contributed by atoms with Crippen LogP contribution in [0, 0.1) is 0 Å². The summed E-state index contributed by atoms with van der Waals surface area (Å²) in [7, 11) is 0. The number of nitrogens with one attached hydrogen (secondary N) is 2. The Labute approximate surface area is 92.1 Å². The van der Waals surface area contributed by atoms with E-state index in [1.807, 2.05) is 0 Å². The first kappa shape index (κ1) is 11.4. The van der Waals surface area contributed by atoms with Gasteiger partial charge >= 0.3 is 0 Å². The lowest BCUT2D eigenvalue weighted by atomic mass is 10.1. The molecule has 0 unspecified atom stereocenters. The molecule has 1 rings (SSSR count). The Hall–Kier alpha value is 0.300. The maximum atomic E-state index is 11.2. The Morgan fingerprint density at radius 3 is 2.31 bits per heavy atom. The predicted octanol–water partition coefficient (Wildman–Crippen LogP) is 1.22.